The highest BCUT2D eigenvalue weighted by Gasteiger charge is 2.22. The molecule has 33 heavy (non-hydrogen) atoms. The fourth-order valence-corrected chi connectivity index (χ4v) is 4.34. The molecule has 7 nitrogen and oxygen atoms in total. The largest absolute Gasteiger partial charge is 0.380 e. The SMILES string of the molecule is CCC(C)n1c(=O)c2c(NCc3ccccc3Br)cc(=O)n(C)c2n(-c2ccccc2)c1=O. The van der Waals surface area contributed by atoms with Crippen LogP contribution in [0.2, 0.25) is 0 Å². The molecule has 0 saturated carbocycles. The number of nitrogens with one attached hydrogen (secondary N) is 1. The highest BCUT2D eigenvalue weighted by Crippen LogP contribution is 2.23. The number of hydrogen-bond acceptors (Lipinski definition) is 4. The second-order valence-electron chi connectivity index (χ2n) is 7.98. The maximum absolute atomic E-state index is 13.7. The lowest BCUT2D eigenvalue weighted by Crippen LogP contribution is -2.43. The molecular formula is C25H25BrN4O3. The highest BCUT2D eigenvalue weighted by atomic mass is 79.9. The molecule has 0 aliphatic heterocycles. The molecule has 8 heteroatoms. The molecule has 2 aromatic carbocycles. The predicted molar refractivity (Wildman–Crippen MR) is 136 cm³/mol. The fourth-order valence-electron chi connectivity index (χ4n) is 3.92. The zero-order valence-electron chi connectivity index (χ0n) is 18.7. The van der Waals surface area contributed by atoms with Crippen molar-refractivity contribution in [1.29, 1.82) is 0 Å². The first-order chi connectivity index (χ1) is 15.8. The van der Waals surface area contributed by atoms with Crippen LogP contribution in [-0.2, 0) is 13.6 Å². The molecule has 2 aromatic heterocycles. The fraction of sp³-hybridized carbons (Fsp3) is 0.240. The monoisotopic (exact) mass is 508 g/mol. The van der Waals surface area contributed by atoms with Gasteiger partial charge in [-0.3, -0.25) is 18.7 Å². The summed E-state index contributed by atoms with van der Waals surface area (Å²) in [4.78, 5) is 40.2. The molecule has 0 saturated heterocycles. The van der Waals surface area contributed by atoms with Crippen molar-refractivity contribution in [2.45, 2.75) is 32.9 Å². The molecule has 1 N–H and O–H groups in total. The average molecular weight is 509 g/mol. The standard InChI is InChI=1S/C25H25BrN4O3/c1-4-16(2)29-24(32)22-20(27-15-17-10-8-9-13-19(17)26)14-21(31)28(3)23(22)30(25(29)33)18-11-6-5-7-12-18/h5-14,16,27H,4,15H2,1-3H3. The number of halogens is 1. The number of para-hydroxylation sites is 1. The summed E-state index contributed by atoms with van der Waals surface area (Å²) in [6.07, 6.45) is 0.612. The Balaban J connectivity index is 2.08. The van der Waals surface area contributed by atoms with Crippen LogP contribution in [0.3, 0.4) is 0 Å². The Labute approximate surface area is 199 Å². The third-order valence-corrected chi connectivity index (χ3v) is 6.70. The molecule has 0 aliphatic rings. The second-order valence-corrected chi connectivity index (χ2v) is 8.84. The lowest BCUT2D eigenvalue weighted by atomic mass is 10.2. The Hall–Kier alpha value is -3.39. The molecule has 4 rings (SSSR count). The van der Waals surface area contributed by atoms with E-state index >= 15 is 0 Å². The topological polar surface area (TPSA) is 78.0 Å². The first-order valence-electron chi connectivity index (χ1n) is 10.8. The Kier molecular flexibility index (Phi) is 6.37. The van der Waals surface area contributed by atoms with Gasteiger partial charge < -0.3 is 5.32 Å². The summed E-state index contributed by atoms with van der Waals surface area (Å²) < 4.78 is 5.01. The zero-order valence-corrected chi connectivity index (χ0v) is 20.3. The van der Waals surface area contributed by atoms with Gasteiger partial charge in [0.1, 0.15) is 11.0 Å². The Bertz CT molecular complexity index is 1500. The first-order valence-corrected chi connectivity index (χ1v) is 11.6. The van der Waals surface area contributed by atoms with E-state index in [9.17, 15) is 14.4 Å². The van der Waals surface area contributed by atoms with Crippen molar-refractivity contribution in [1.82, 2.24) is 13.7 Å². The van der Waals surface area contributed by atoms with E-state index in [1.165, 1.54) is 19.8 Å². The van der Waals surface area contributed by atoms with Crippen LogP contribution in [0.15, 0.2) is 79.5 Å². The van der Waals surface area contributed by atoms with Gasteiger partial charge in [0.05, 0.1) is 11.4 Å². The van der Waals surface area contributed by atoms with E-state index in [4.69, 9.17) is 0 Å². The lowest BCUT2D eigenvalue weighted by molar-refractivity contribution is 0.485. The minimum Gasteiger partial charge on any atom is -0.380 e. The molecule has 0 radical (unpaired) electrons. The van der Waals surface area contributed by atoms with Crippen molar-refractivity contribution in [3.05, 3.63) is 102 Å². The van der Waals surface area contributed by atoms with Gasteiger partial charge >= 0.3 is 5.69 Å². The molecule has 4 aromatic rings. The zero-order chi connectivity index (χ0) is 23.7. The van der Waals surface area contributed by atoms with E-state index in [0.717, 1.165) is 10.0 Å². The molecule has 0 aliphatic carbocycles. The van der Waals surface area contributed by atoms with Crippen molar-refractivity contribution >= 4 is 32.7 Å². The molecule has 0 amide bonds. The Morgan fingerprint density at radius 2 is 1.67 bits per heavy atom. The molecule has 1 atom stereocenters. The summed E-state index contributed by atoms with van der Waals surface area (Å²) in [5.74, 6) is 0. The maximum atomic E-state index is 13.7. The second kappa shape index (κ2) is 9.23. The molecule has 0 spiro atoms. The number of pyridine rings is 1. The third kappa shape index (κ3) is 4.06. The van der Waals surface area contributed by atoms with Crippen LogP contribution in [0.4, 0.5) is 5.69 Å². The van der Waals surface area contributed by atoms with E-state index in [-0.39, 0.29) is 17.2 Å². The number of rotatable bonds is 6. The van der Waals surface area contributed by atoms with Crippen molar-refractivity contribution in [3.8, 4) is 5.69 Å². The molecule has 0 fully saturated rings. The number of fused-ring (bicyclic) bond motifs is 1. The smallest absolute Gasteiger partial charge is 0.337 e. The van der Waals surface area contributed by atoms with Crippen molar-refractivity contribution < 1.29 is 0 Å². The highest BCUT2D eigenvalue weighted by molar-refractivity contribution is 9.10. The normalized spacial score (nSPS) is 12.1. The van der Waals surface area contributed by atoms with Crippen molar-refractivity contribution in [2.24, 2.45) is 7.05 Å². The van der Waals surface area contributed by atoms with E-state index in [1.807, 2.05) is 56.3 Å². The Morgan fingerprint density at radius 1 is 1.00 bits per heavy atom. The van der Waals surface area contributed by atoms with Crippen LogP contribution < -0.4 is 22.1 Å². The van der Waals surface area contributed by atoms with Crippen LogP contribution in [0.5, 0.6) is 0 Å². The summed E-state index contributed by atoms with van der Waals surface area (Å²) in [6.45, 7) is 4.18. The molecular weight excluding hydrogens is 484 g/mol. The van der Waals surface area contributed by atoms with Crippen LogP contribution >= 0.6 is 15.9 Å². The summed E-state index contributed by atoms with van der Waals surface area (Å²) in [7, 11) is 1.58. The van der Waals surface area contributed by atoms with Crippen LogP contribution in [-0.4, -0.2) is 13.7 Å². The van der Waals surface area contributed by atoms with Crippen LogP contribution in [0.1, 0.15) is 31.9 Å². The summed E-state index contributed by atoms with van der Waals surface area (Å²) in [5, 5.41) is 3.56. The van der Waals surface area contributed by atoms with Gasteiger partial charge in [-0.05, 0) is 37.1 Å². The van der Waals surface area contributed by atoms with Crippen LogP contribution in [0, 0.1) is 0 Å². The average Bonchev–Trinajstić information content (AvgIpc) is 2.81. The maximum Gasteiger partial charge on any atom is 0.337 e. The van der Waals surface area contributed by atoms with Gasteiger partial charge in [-0.1, -0.05) is 59.3 Å². The Morgan fingerprint density at radius 3 is 2.33 bits per heavy atom. The van der Waals surface area contributed by atoms with Gasteiger partial charge in [0, 0.05) is 30.2 Å². The molecule has 1 unspecified atom stereocenters. The van der Waals surface area contributed by atoms with E-state index in [0.29, 0.717) is 29.7 Å². The summed E-state index contributed by atoms with van der Waals surface area (Å²) in [6, 6.07) is 17.9. The molecule has 0 bridgehead atoms. The van der Waals surface area contributed by atoms with Gasteiger partial charge in [0.25, 0.3) is 11.1 Å². The van der Waals surface area contributed by atoms with E-state index < -0.39 is 11.2 Å². The number of anilines is 1. The third-order valence-electron chi connectivity index (χ3n) is 5.92. The number of hydrogen-bond donors (Lipinski definition) is 1. The van der Waals surface area contributed by atoms with Gasteiger partial charge in [-0.25, -0.2) is 9.36 Å². The van der Waals surface area contributed by atoms with Gasteiger partial charge in [-0.15, -0.1) is 0 Å². The predicted octanol–water partition coefficient (Wildman–Crippen LogP) is 4.20. The number of aryl methyl sites for hydroxylation is 1. The van der Waals surface area contributed by atoms with Crippen LogP contribution in [0.25, 0.3) is 16.7 Å². The quantitative estimate of drug-likeness (QED) is 0.423. The van der Waals surface area contributed by atoms with Gasteiger partial charge in [0.2, 0.25) is 0 Å². The van der Waals surface area contributed by atoms with E-state index in [1.54, 1.807) is 19.2 Å². The number of benzene rings is 2. The van der Waals surface area contributed by atoms with Crippen molar-refractivity contribution in [3.63, 3.8) is 0 Å². The minimum atomic E-state index is -0.467. The lowest BCUT2D eigenvalue weighted by Gasteiger charge is -2.21. The number of aromatic nitrogens is 3. The van der Waals surface area contributed by atoms with Gasteiger partial charge in [-0.2, -0.15) is 0 Å². The van der Waals surface area contributed by atoms with E-state index in [2.05, 4.69) is 21.2 Å². The van der Waals surface area contributed by atoms with Crippen molar-refractivity contribution in [2.75, 3.05) is 5.32 Å². The first kappa shape index (κ1) is 22.8. The number of nitrogens with zero attached hydrogens (tertiary/aromatic N) is 3. The van der Waals surface area contributed by atoms with Gasteiger partial charge in [0.15, 0.2) is 0 Å². The molecule has 170 valence electrons. The molecule has 2 heterocycles. The minimum absolute atomic E-state index is 0.262. The summed E-state index contributed by atoms with van der Waals surface area (Å²) >= 11 is 3.53. The summed E-state index contributed by atoms with van der Waals surface area (Å²) in [5.41, 5.74) is 1.02.